The maximum absolute atomic E-state index is 11.8. The number of hydrogen-bond acceptors (Lipinski definition) is 4. The minimum Gasteiger partial charge on any atom is -0.367 e. The molecule has 18 heavy (non-hydrogen) atoms. The molecule has 1 aliphatic heterocycles. The monoisotopic (exact) mass is 256 g/mol. The number of nitrogens with zero attached hydrogens (tertiary/aromatic N) is 2. The summed E-state index contributed by atoms with van der Waals surface area (Å²) < 4.78 is 0. The Labute approximate surface area is 111 Å². The number of piperidine rings is 1. The minimum atomic E-state index is -0.421. The fourth-order valence-electron chi connectivity index (χ4n) is 2.29. The molecule has 0 aromatic rings. The van der Waals surface area contributed by atoms with Crippen LogP contribution in [0.2, 0.25) is 0 Å². The highest BCUT2D eigenvalue weighted by atomic mass is 16.7. The van der Waals surface area contributed by atoms with E-state index >= 15 is 0 Å². The number of rotatable bonds is 4. The largest absolute Gasteiger partial charge is 0.367 e. The molecule has 0 saturated carbocycles. The molecule has 0 unspecified atom stereocenters. The van der Waals surface area contributed by atoms with Crippen molar-refractivity contribution in [3.63, 3.8) is 0 Å². The third-order valence-corrected chi connectivity index (χ3v) is 3.58. The topological polar surface area (TPSA) is 32.8 Å². The summed E-state index contributed by atoms with van der Waals surface area (Å²) in [7, 11) is 0. The maximum atomic E-state index is 11.8. The van der Waals surface area contributed by atoms with E-state index in [1.165, 1.54) is 0 Å². The van der Waals surface area contributed by atoms with Gasteiger partial charge >= 0.3 is 5.97 Å². The molecule has 1 aliphatic rings. The van der Waals surface area contributed by atoms with Gasteiger partial charge in [0.25, 0.3) is 0 Å². The third-order valence-electron chi connectivity index (χ3n) is 3.58. The van der Waals surface area contributed by atoms with Gasteiger partial charge in [-0.1, -0.05) is 13.8 Å². The van der Waals surface area contributed by atoms with Crippen LogP contribution in [0.4, 0.5) is 0 Å². The summed E-state index contributed by atoms with van der Waals surface area (Å²) in [5.74, 6) is -0.135. The average Bonchev–Trinajstić information content (AvgIpc) is 2.31. The van der Waals surface area contributed by atoms with Crippen LogP contribution in [0.5, 0.6) is 0 Å². The van der Waals surface area contributed by atoms with Crippen molar-refractivity contribution in [2.75, 3.05) is 26.2 Å². The lowest BCUT2D eigenvalue weighted by molar-refractivity contribution is -0.206. The summed E-state index contributed by atoms with van der Waals surface area (Å²) in [4.78, 5) is 19.7. The summed E-state index contributed by atoms with van der Waals surface area (Å²) in [6, 6.07) is 0.643. The molecule has 4 nitrogen and oxygen atoms in total. The van der Waals surface area contributed by atoms with Gasteiger partial charge in [0.2, 0.25) is 0 Å². The molecular weight excluding hydrogens is 228 g/mol. The maximum Gasteiger partial charge on any atom is 0.330 e. The second-order valence-corrected chi connectivity index (χ2v) is 6.01. The van der Waals surface area contributed by atoms with E-state index in [4.69, 9.17) is 4.84 Å². The second kappa shape index (κ2) is 6.53. The third kappa shape index (κ3) is 4.25. The summed E-state index contributed by atoms with van der Waals surface area (Å²) in [5.41, 5.74) is -0.421. The van der Waals surface area contributed by atoms with Gasteiger partial charge < -0.3 is 9.74 Å². The van der Waals surface area contributed by atoms with Crippen molar-refractivity contribution in [3.8, 4) is 0 Å². The molecule has 106 valence electrons. The summed E-state index contributed by atoms with van der Waals surface area (Å²) in [5, 5.41) is 1.83. The predicted molar refractivity (Wildman–Crippen MR) is 73.1 cm³/mol. The van der Waals surface area contributed by atoms with Crippen molar-refractivity contribution in [1.82, 2.24) is 9.96 Å². The Balaban J connectivity index is 2.38. The Kier molecular flexibility index (Phi) is 5.60. The van der Waals surface area contributed by atoms with Crippen molar-refractivity contribution >= 4 is 5.97 Å². The molecule has 1 heterocycles. The number of carbonyl (C=O) groups is 1. The van der Waals surface area contributed by atoms with E-state index in [1.54, 1.807) is 0 Å². The second-order valence-electron chi connectivity index (χ2n) is 6.01. The highest BCUT2D eigenvalue weighted by Crippen LogP contribution is 2.20. The molecule has 0 aromatic heterocycles. The zero-order valence-corrected chi connectivity index (χ0v) is 12.5. The Morgan fingerprint density at radius 1 is 1.22 bits per heavy atom. The quantitative estimate of drug-likeness (QED) is 0.772. The Morgan fingerprint density at radius 3 is 2.11 bits per heavy atom. The first-order valence-electron chi connectivity index (χ1n) is 7.09. The van der Waals surface area contributed by atoms with Crippen LogP contribution >= 0.6 is 0 Å². The molecule has 0 aliphatic carbocycles. The van der Waals surface area contributed by atoms with Crippen LogP contribution in [0, 0.1) is 5.41 Å². The van der Waals surface area contributed by atoms with E-state index in [9.17, 15) is 4.79 Å². The smallest absolute Gasteiger partial charge is 0.330 e. The Morgan fingerprint density at radius 2 is 1.72 bits per heavy atom. The summed E-state index contributed by atoms with van der Waals surface area (Å²) in [6.45, 7) is 14.0. The van der Waals surface area contributed by atoms with Crippen molar-refractivity contribution < 1.29 is 9.63 Å². The summed E-state index contributed by atoms with van der Waals surface area (Å²) in [6.07, 6.45) is 2.16. The predicted octanol–water partition coefficient (Wildman–Crippen LogP) is 2.30. The molecule has 0 bridgehead atoms. The molecule has 1 saturated heterocycles. The van der Waals surface area contributed by atoms with E-state index in [-0.39, 0.29) is 5.97 Å². The van der Waals surface area contributed by atoms with Crippen LogP contribution in [0.3, 0.4) is 0 Å². The molecule has 0 spiro atoms. The van der Waals surface area contributed by atoms with Crippen molar-refractivity contribution in [2.45, 2.75) is 53.5 Å². The highest BCUT2D eigenvalue weighted by molar-refractivity contribution is 5.75. The van der Waals surface area contributed by atoms with Crippen LogP contribution in [0.15, 0.2) is 0 Å². The van der Waals surface area contributed by atoms with Crippen LogP contribution in [0.25, 0.3) is 0 Å². The van der Waals surface area contributed by atoms with E-state index in [1.807, 2.05) is 25.8 Å². The first-order chi connectivity index (χ1) is 8.38. The van der Waals surface area contributed by atoms with Gasteiger partial charge in [-0.15, -0.1) is 5.06 Å². The number of carbonyl (C=O) groups excluding carboxylic acids is 1. The fourth-order valence-corrected chi connectivity index (χ4v) is 2.29. The van der Waals surface area contributed by atoms with Gasteiger partial charge in [0.15, 0.2) is 0 Å². The fraction of sp³-hybridized carbons (Fsp3) is 0.929. The van der Waals surface area contributed by atoms with E-state index in [0.29, 0.717) is 6.04 Å². The SMILES string of the molecule is CCN(CC)C1CCN(OC(=O)C(C)(C)C)CC1. The Hall–Kier alpha value is -0.610. The van der Waals surface area contributed by atoms with Gasteiger partial charge in [0, 0.05) is 19.1 Å². The van der Waals surface area contributed by atoms with E-state index < -0.39 is 5.41 Å². The van der Waals surface area contributed by atoms with Gasteiger partial charge in [-0.2, -0.15) is 0 Å². The molecule has 0 radical (unpaired) electrons. The zero-order chi connectivity index (χ0) is 13.8. The highest BCUT2D eigenvalue weighted by Gasteiger charge is 2.29. The Bertz CT molecular complexity index is 261. The van der Waals surface area contributed by atoms with E-state index in [0.717, 1.165) is 39.0 Å². The van der Waals surface area contributed by atoms with Crippen molar-refractivity contribution in [1.29, 1.82) is 0 Å². The number of hydrogen-bond donors (Lipinski definition) is 0. The van der Waals surface area contributed by atoms with E-state index in [2.05, 4.69) is 18.7 Å². The molecular formula is C14H28N2O2. The lowest BCUT2D eigenvalue weighted by atomic mass is 9.98. The van der Waals surface area contributed by atoms with Gasteiger partial charge in [-0.25, -0.2) is 4.79 Å². The first kappa shape index (κ1) is 15.4. The molecule has 0 aromatic carbocycles. The lowest BCUT2D eigenvalue weighted by Gasteiger charge is -2.37. The number of hydroxylamine groups is 2. The standard InChI is InChI=1S/C14H28N2O2/c1-6-15(7-2)12-8-10-16(11-9-12)18-13(17)14(3,4)5/h12H,6-11H2,1-5H3. The van der Waals surface area contributed by atoms with Crippen LogP contribution < -0.4 is 0 Å². The van der Waals surface area contributed by atoms with Gasteiger partial charge in [-0.3, -0.25) is 0 Å². The minimum absolute atomic E-state index is 0.135. The first-order valence-corrected chi connectivity index (χ1v) is 7.09. The average molecular weight is 256 g/mol. The lowest BCUT2D eigenvalue weighted by Crippen LogP contribution is -2.46. The van der Waals surface area contributed by atoms with Gasteiger partial charge in [-0.05, 0) is 46.7 Å². The van der Waals surface area contributed by atoms with Crippen LogP contribution in [0.1, 0.15) is 47.5 Å². The zero-order valence-electron chi connectivity index (χ0n) is 12.5. The molecule has 0 amide bonds. The van der Waals surface area contributed by atoms with Crippen molar-refractivity contribution in [3.05, 3.63) is 0 Å². The van der Waals surface area contributed by atoms with Gasteiger partial charge in [0.1, 0.15) is 0 Å². The van der Waals surface area contributed by atoms with Gasteiger partial charge in [0.05, 0.1) is 5.41 Å². The molecule has 1 fully saturated rings. The molecule has 4 heteroatoms. The molecule has 0 atom stereocenters. The normalized spacial score (nSPS) is 19.2. The molecule has 1 rings (SSSR count). The van der Waals surface area contributed by atoms with Crippen molar-refractivity contribution in [2.24, 2.45) is 5.41 Å². The summed E-state index contributed by atoms with van der Waals surface area (Å²) >= 11 is 0. The molecule has 0 N–H and O–H groups in total. The van der Waals surface area contributed by atoms with Crippen LogP contribution in [-0.4, -0.2) is 48.2 Å². The van der Waals surface area contributed by atoms with Crippen LogP contribution in [-0.2, 0) is 9.63 Å².